The maximum absolute atomic E-state index is 10.2. The largest absolute Gasteiger partial charge is 0.507 e. The third kappa shape index (κ3) is 2.15. The van der Waals surface area contributed by atoms with Gasteiger partial charge in [-0.2, -0.15) is 0 Å². The first-order valence-corrected chi connectivity index (χ1v) is 7.28. The normalized spacial score (nSPS) is 10.9. The number of para-hydroxylation sites is 1. The van der Waals surface area contributed by atoms with E-state index in [1.165, 1.54) is 0 Å². The number of hydrogen-bond donors (Lipinski definition) is 2. The molecule has 0 radical (unpaired) electrons. The van der Waals surface area contributed by atoms with Crippen LogP contribution >= 0.6 is 0 Å². The van der Waals surface area contributed by atoms with Gasteiger partial charge in [0.2, 0.25) is 0 Å². The smallest absolute Gasteiger partial charge is 0.123 e. The molecule has 106 valence electrons. The molecule has 2 N–H and O–H groups in total. The summed E-state index contributed by atoms with van der Waals surface area (Å²) in [5.74, 6) is 0.305. The van der Waals surface area contributed by atoms with Crippen LogP contribution < -0.4 is 5.32 Å². The summed E-state index contributed by atoms with van der Waals surface area (Å²) in [5.41, 5.74) is 2.02. The highest BCUT2D eigenvalue weighted by Crippen LogP contribution is 2.35. The summed E-state index contributed by atoms with van der Waals surface area (Å²) in [6, 6.07) is 26.1. The van der Waals surface area contributed by atoms with Crippen molar-refractivity contribution < 1.29 is 5.11 Å². The van der Waals surface area contributed by atoms with Crippen molar-refractivity contribution in [1.29, 1.82) is 0 Å². The first kappa shape index (κ1) is 12.7. The van der Waals surface area contributed by atoms with E-state index in [4.69, 9.17) is 0 Å². The zero-order valence-electron chi connectivity index (χ0n) is 12.0. The SMILES string of the molecule is Oc1ccc(Nc2ccccc2)c2cc3ccccc3cc12. The molecule has 0 aromatic heterocycles. The molecule has 0 aliphatic carbocycles. The van der Waals surface area contributed by atoms with Crippen LogP contribution in [0.5, 0.6) is 5.75 Å². The molecule has 0 bridgehead atoms. The van der Waals surface area contributed by atoms with Gasteiger partial charge in [0.25, 0.3) is 0 Å². The number of hydrogen-bond acceptors (Lipinski definition) is 2. The number of aromatic hydroxyl groups is 1. The molecule has 0 saturated heterocycles. The van der Waals surface area contributed by atoms with Crippen molar-refractivity contribution in [3.05, 3.63) is 78.9 Å². The van der Waals surface area contributed by atoms with Gasteiger partial charge in [0.1, 0.15) is 5.75 Å². The lowest BCUT2D eigenvalue weighted by molar-refractivity contribution is 0.482. The molecule has 0 fully saturated rings. The molecule has 2 nitrogen and oxygen atoms in total. The number of anilines is 2. The Hall–Kier alpha value is -3.00. The molecule has 0 unspecified atom stereocenters. The summed E-state index contributed by atoms with van der Waals surface area (Å²) in [5, 5.41) is 17.8. The third-order valence-corrected chi connectivity index (χ3v) is 3.91. The van der Waals surface area contributed by atoms with Crippen LogP contribution in [0, 0.1) is 0 Å². The summed E-state index contributed by atoms with van der Waals surface area (Å²) in [4.78, 5) is 0. The number of phenolic OH excluding ortho intramolecular Hbond substituents is 1. The predicted octanol–water partition coefficient (Wildman–Crippen LogP) is 5.44. The van der Waals surface area contributed by atoms with E-state index in [1.807, 2.05) is 54.6 Å². The maximum Gasteiger partial charge on any atom is 0.123 e. The first-order valence-electron chi connectivity index (χ1n) is 7.28. The number of fused-ring (bicyclic) bond motifs is 2. The number of benzene rings is 4. The fraction of sp³-hybridized carbons (Fsp3) is 0. The van der Waals surface area contributed by atoms with Crippen molar-refractivity contribution in [1.82, 2.24) is 0 Å². The third-order valence-electron chi connectivity index (χ3n) is 3.91. The van der Waals surface area contributed by atoms with E-state index < -0.39 is 0 Å². The van der Waals surface area contributed by atoms with Crippen molar-refractivity contribution in [2.24, 2.45) is 0 Å². The second-order valence-electron chi connectivity index (χ2n) is 5.37. The highest BCUT2D eigenvalue weighted by atomic mass is 16.3. The molecule has 0 saturated carbocycles. The van der Waals surface area contributed by atoms with Gasteiger partial charge in [-0.1, -0.05) is 42.5 Å². The average molecular weight is 285 g/mol. The topological polar surface area (TPSA) is 32.3 Å². The molecule has 2 heteroatoms. The molecule has 0 spiro atoms. The van der Waals surface area contributed by atoms with Crippen LogP contribution in [0.4, 0.5) is 11.4 Å². The lowest BCUT2D eigenvalue weighted by Gasteiger charge is -2.12. The van der Waals surface area contributed by atoms with Crippen molar-refractivity contribution >= 4 is 32.9 Å². The van der Waals surface area contributed by atoms with Gasteiger partial charge in [-0.15, -0.1) is 0 Å². The van der Waals surface area contributed by atoms with Crippen LogP contribution in [0.15, 0.2) is 78.9 Å². The fourth-order valence-electron chi connectivity index (χ4n) is 2.80. The Bertz CT molecular complexity index is 961. The summed E-state index contributed by atoms with van der Waals surface area (Å²) >= 11 is 0. The van der Waals surface area contributed by atoms with Crippen LogP contribution in [0.1, 0.15) is 0 Å². The van der Waals surface area contributed by atoms with Crippen LogP contribution in [-0.4, -0.2) is 5.11 Å². The second kappa shape index (κ2) is 5.08. The van der Waals surface area contributed by atoms with E-state index in [0.29, 0.717) is 5.75 Å². The predicted molar refractivity (Wildman–Crippen MR) is 92.8 cm³/mol. The fourth-order valence-corrected chi connectivity index (χ4v) is 2.80. The van der Waals surface area contributed by atoms with Crippen LogP contribution in [0.2, 0.25) is 0 Å². The number of rotatable bonds is 2. The van der Waals surface area contributed by atoms with Crippen molar-refractivity contribution in [3.8, 4) is 5.75 Å². The zero-order valence-corrected chi connectivity index (χ0v) is 12.0. The molecular formula is C20H15NO. The Morgan fingerprint density at radius 3 is 2.00 bits per heavy atom. The van der Waals surface area contributed by atoms with Crippen LogP contribution in [-0.2, 0) is 0 Å². The molecule has 0 amide bonds. The minimum atomic E-state index is 0.305. The molecule has 4 rings (SSSR count). The lowest BCUT2D eigenvalue weighted by atomic mass is 10.0. The van der Waals surface area contributed by atoms with E-state index in [9.17, 15) is 5.11 Å². The van der Waals surface area contributed by atoms with Gasteiger partial charge < -0.3 is 10.4 Å². The molecular weight excluding hydrogens is 270 g/mol. The van der Waals surface area contributed by atoms with Crippen molar-refractivity contribution in [3.63, 3.8) is 0 Å². The van der Waals surface area contributed by atoms with Gasteiger partial charge in [-0.05, 0) is 47.2 Å². The Kier molecular flexibility index (Phi) is 2.94. The van der Waals surface area contributed by atoms with Gasteiger partial charge in [0.05, 0.1) is 0 Å². The van der Waals surface area contributed by atoms with Gasteiger partial charge in [0, 0.05) is 22.1 Å². The lowest BCUT2D eigenvalue weighted by Crippen LogP contribution is -1.91. The van der Waals surface area contributed by atoms with Gasteiger partial charge in [-0.3, -0.25) is 0 Å². The Balaban J connectivity index is 1.95. The molecule has 4 aromatic rings. The van der Waals surface area contributed by atoms with Crippen LogP contribution in [0.25, 0.3) is 21.5 Å². The summed E-state index contributed by atoms with van der Waals surface area (Å²) in [6.45, 7) is 0. The van der Waals surface area contributed by atoms with Crippen molar-refractivity contribution in [2.75, 3.05) is 5.32 Å². The Labute approximate surface area is 128 Å². The second-order valence-corrected chi connectivity index (χ2v) is 5.37. The van der Waals surface area contributed by atoms with Gasteiger partial charge >= 0.3 is 0 Å². The monoisotopic (exact) mass is 285 g/mol. The van der Waals surface area contributed by atoms with Crippen molar-refractivity contribution in [2.45, 2.75) is 0 Å². The molecule has 0 aliphatic rings. The Morgan fingerprint density at radius 2 is 1.27 bits per heavy atom. The summed E-state index contributed by atoms with van der Waals surface area (Å²) < 4.78 is 0. The first-order chi connectivity index (χ1) is 10.8. The highest BCUT2D eigenvalue weighted by molar-refractivity contribution is 6.06. The molecule has 4 aromatic carbocycles. The van der Waals surface area contributed by atoms with E-state index >= 15 is 0 Å². The van der Waals surface area contributed by atoms with E-state index in [-0.39, 0.29) is 0 Å². The molecule has 0 atom stereocenters. The van der Waals surface area contributed by atoms with Crippen LogP contribution in [0.3, 0.4) is 0 Å². The minimum absolute atomic E-state index is 0.305. The molecule has 22 heavy (non-hydrogen) atoms. The van der Waals surface area contributed by atoms with E-state index in [2.05, 4.69) is 23.5 Å². The molecule has 0 heterocycles. The van der Waals surface area contributed by atoms with Gasteiger partial charge in [0.15, 0.2) is 0 Å². The highest BCUT2D eigenvalue weighted by Gasteiger charge is 2.07. The standard InChI is InChI=1S/C20H15NO/c22-20-11-10-19(21-16-8-2-1-3-9-16)17-12-14-6-4-5-7-15(14)13-18(17)20/h1-13,21-22H. The summed E-state index contributed by atoms with van der Waals surface area (Å²) in [6.07, 6.45) is 0. The maximum atomic E-state index is 10.2. The zero-order chi connectivity index (χ0) is 14.9. The summed E-state index contributed by atoms with van der Waals surface area (Å²) in [7, 11) is 0. The minimum Gasteiger partial charge on any atom is -0.507 e. The quantitative estimate of drug-likeness (QED) is 0.379. The average Bonchev–Trinajstić information content (AvgIpc) is 2.57. The van der Waals surface area contributed by atoms with Gasteiger partial charge in [-0.25, -0.2) is 0 Å². The Morgan fingerprint density at radius 1 is 0.636 bits per heavy atom. The number of phenols is 1. The number of nitrogens with one attached hydrogen (secondary N) is 1. The molecule has 0 aliphatic heterocycles. The van der Waals surface area contributed by atoms with E-state index in [0.717, 1.165) is 32.9 Å². The van der Waals surface area contributed by atoms with E-state index in [1.54, 1.807) is 6.07 Å².